The summed E-state index contributed by atoms with van der Waals surface area (Å²) in [6.45, 7) is 7.77. The summed E-state index contributed by atoms with van der Waals surface area (Å²) in [6.07, 6.45) is 3.67. The number of rotatable bonds is 10. The number of ether oxygens (including phenoxy) is 2. The summed E-state index contributed by atoms with van der Waals surface area (Å²) in [6, 6.07) is 16.3. The van der Waals surface area contributed by atoms with E-state index in [0.717, 1.165) is 35.8 Å². The Bertz CT molecular complexity index is 610. The third kappa shape index (κ3) is 5.80. The molecule has 0 radical (unpaired) electrons. The van der Waals surface area contributed by atoms with E-state index in [1.165, 1.54) is 12.8 Å². The molecule has 0 saturated heterocycles. The average molecular weight is 327 g/mol. The van der Waals surface area contributed by atoms with Crippen LogP contribution in [0.3, 0.4) is 0 Å². The van der Waals surface area contributed by atoms with Crippen molar-refractivity contribution < 1.29 is 9.47 Å². The lowest BCUT2D eigenvalue weighted by Gasteiger charge is -2.17. The van der Waals surface area contributed by atoms with Crippen molar-refractivity contribution in [3.05, 3.63) is 54.1 Å². The van der Waals surface area contributed by atoms with E-state index in [1.807, 2.05) is 56.3 Å². The van der Waals surface area contributed by atoms with E-state index in [4.69, 9.17) is 9.47 Å². The Hall–Kier alpha value is -2.16. The molecule has 1 N–H and O–H groups in total. The van der Waals surface area contributed by atoms with Gasteiger partial charge in [0.05, 0.1) is 18.4 Å². The Morgan fingerprint density at radius 3 is 2.38 bits per heavy atom. The second-order valence-corrected chi connectivity index (χ2v) is 6.18. The molecular formula is C21H29NO2. The monoisotopic (exact) mass is 327 g/mol. The molecule has 3 heteroatoms. The van der Waals surface area contributed by atoms with Crippen LogP contribution in [-0.2, 0) is 6.54 Å². The number of para-hydroxylation sites is 3. The van der Waals surface area contributed by atoms with Gasteiger partial charge in [-0.3, -0.25) is 0 Å². The van der Waals surface area contributed by atoms with Gasteiger partial charge in [-0.1, -0.05) is 50.1 Å². The van der Waals surface area contributed by atoms with Crippen LogP contribution in [0.5, 0.6) is 11.5 Å². The first-order valence-corrected chi connectivity index (χ1v) is 8.91. The van der Waals surface area contributed by atoms with E-state index < -0.39 is 0 Å². The van der Waals surface area contributed by atoms with Crippen molar-refractivity contribution >= 4 is 5.69 Å². The molecule has 0 amide bonds. The molecule has 0 atom stereocenters. The SMILES string of the molecule is CCCCCOc1ccccc1CNc1ccccc1OC(C)C. The zero-order chi connectivity index (χ0) is 17.2. The summed E-state index contributed by atoms with van der Waals surface area (Å²) in [4.78, 5) is 0. The summed E-state index contributed by atoms with van der Waals surface area (Å²) in [5.74, 6) is 1.84. The van der Waals surface area contributed by atoms with Gasteiger partial charge in [-0.05, 0) is 38.5 Å². The quantitative estimate of drug-likeness (QED) is 0.572. The van der Waals surface area contributed by atoms with Crippen LogP contribution in [0.15, 0.2) is 48.5 Å². The van der Waals surface area contributed by atoms with Gasteiger partial charge in [0.25, 0.3) is 0 Å². The van der Waals surface area contributed by atoms with Crippen LogP contribution in [0.1, 0.15) is 45.6 Å². The van der Waals surface area contributed by atoms with E-state index in [9.17, 15) is 0 Å². The highest BCUT2D eigenvalue weighted by Crippen LogP contribution is 2.27. The molecule has 0 saturated carbocycles. The first-order chi connectivity index (χ1) is 11.7. The zero-order valence-electron chi connectivity index (χ0n) is 15.0. The Morgan fingerprint density at radius 1 is 0.917 bits per heavy atom. The van der Waals surface area contributed by atoms with Crippen LogP contribution in [-0.4, -0.2) is 12.7 Å². The third-order valence-electron chi connectivity index (χ3n) is 3.70. The van der Waals surface area contributed by atoms with E-state index in [2.05, 4.69) is 18.3 Å². The smallest absolute Gasteiger partial charge is 0.142 e. The molecule has 0 aliphatic carbocycles. The number of nitrogens with one attached hydrogen (secondary N) is 1. The number of benzene rings is 2. The maximum absolute atomic E-state index is 5.95. The fraction of sp³-hybridized carbons (Fsp3) is 0.429. The van der Waals surface area contributed by atoms with Crippen molar-refractivity contribution in [2.24, 2.45) is 0 Å². The number of anilines is 1. The van der Waals surface area contributed by atoms with Crippen molar-refractivity contribution in [3.8, 4) is 11.5 Å². The summed E-state index contributed by atoms with van der Waals surface area (Å²) >= 11 is 0. The van der Waals surface area contributed by atoms with Crippen LogP contribution in [0, 0.1) is 0 Å². The topological polar surface area (TPSA) is 30.5 Å². The lowest BCUT2D eigenvalue weighted by atomic mass is 10.2. The van der Waals surface area contributed by atoms with Crippen LogP contribution >= 0.6 is 0 Å². The summed E-state index contributed by atoms with van der Waals surface area (Å²) < 4.78 is 11.8. The maximum Gasteiger partial charge on any atom is 0.142 e. The Labute approximate surface area is 146 Å². The molecule has 2 aromatic carbocycles. The molecule has 0 aromatic heterocycles. The first kappa shape index (κ1) is 18.2. The molecule has 0 fully saturated rings. The van der Waals surface area contributed by atoms with Crippen LogP contribution < -0.4 is 14.8 Å². The summed E-state index contributed by atoms with van der Waals surface area (Å²) in [5.41, 5.74) is 2.17. The molecule has 24 heavy (non-hydrogen) atoms. The third-order valence-corrected chi connectivity index (χ3v) is 3.70. The van der Waals surface area contributed by atoms with Crippen molar-refractivity contribution in [1.82, 2.24) is 0 Å². The largest absolute Gasteiger partial charge is 0.493 e. The van der Waals surface area contributed by atoms with Gasteiger partial charge in [0, 0.05) is 12.1 Å². The highest BCUT2D eigenvalue weighted by molar-refractivity contribution is 5.56. The standard InChI is InChI=1S/C21H29NO2/c1-4-5-10-15-23-20-13-8-6-11-18(20)16-22-19-12-7-9-14-21(19)24-17(2)3/h6-9,11-14,17,22H,4-5,10,15-16H2,1-3H3. The fourth-order valence-corrected chi connectivity index (χ4v) is 2.48. The van der Waals surface area contributed by atoms with Crippen molar-refractivity contribution in [3.63, 3.8) is 0 Å². The molecule has 2 aromatic rings. The Balaban J connectivity index is 1.99. The minimum absolute atomic E-state index is 0.155. The molecule has 0 aliphatic rings. The van der Waals surface area contributed by atoms with E-state index in [-0.39, 0.29) is 6.10 Å². The normalized spacial score (nSPS) is 10.7. The predicted octanol–water partition coefficient (Wildman–Crippen LogP) is 5.65. The van der Waals surface area contributed by atoms with Crippen molar-refractivity contribution in [1.29, 1.82) is 0 Å². The predicted molar refractivity (Wildman–Crippen MR) is 101 cm³/mol. The fourth-order valence-electron chi connectivity index (χ4n) is 2.48. The Morgan fingerprint density at radius 2 is 1.62 bits per heavy atom. The Kier molecular flexibility index (Phi) is 7.47. The van der Waals surface area contributed by atoms with Crippen LogP contribution in [0.4, 0.5) is 5.69 Å². The van der Waals surface area contributed by atoms with Crippen LogP contribution in [0.2, 0.25) is 0 Å². The van der Waals surface area contributed by atoms with Gasteiger partial charge >= 0.3 is 0 Å². The van der Waals surface area contributed by atoms with Gasteiger partial charge in [0.15, 0.2) is 0 Å². The zero-order valence-corrected chi connectivity index (χ0v) is 15.0. The van der Waals surface area contributed by atoms with E-state index in [0.29, 0.717) is 6.54 Å². The molecule has 0 unspecified atom stereocenters. The second-order valence-electron chi connectivity index (χ2n) is 6.18. The minimum atomic E-state index is 0.155. The van der Waals surface area contributed by atoms with E-state index in [1.54, 1.807) is 0 Å². The van der Waals surface area contributed by atoms with Crippen molar-refractivity contribution in [2.75, 3.05) is 11.9 Å². The summed E-state index contributed by atoms with van der Waals surface area (Å²) in [7, 11) is 0. The van der Waals surface area contributed by atoms with Gasteiger partial charge in [-0.2, -0.15) is 0 Å². The first-order valence-electron chi connectivity index (χ1n) is 8.91. The molecule has 0 spiro atoms. The molecule has 0 aliphatic heterocycles. The van der Waals surface area contributed by atoms with Gasteiger partial charge in [0.1, 0.15) is 11.5 Å². The van der Waals surface area contributed by atoms with Crippen LogP contribution in [0.25, 0.3) is 0 Å². The minimum Gasteiger partial charge on any atom is -0.493 e. The van der Waals surface area contributed by atoms with Gasteiger partial charge in [-0.15, -0.1) is 0 Å². The molecule has 0 bridgehead atoms. The summed E-state index contributed by atoms with van der Waals surface area (Å²) in [5, 5.41) is 3.47. The van der Waals surface area contributed by atoms with E-state index >= 15 is 0 Å². The number of hydrogen-bond donors (Lipinski definition) is 1. The van der Waals surface area contributed by atoms with Gasteiger partial charge in [0.2, 0.25) is 0 Å². The van der Waals surface area contributed by atoms with Gasteiger partial charge in [-0.25, -0.2) is 0 Å². The second kappa shape index (κ2) is 9.86. The van der Waals surface area contributed by atoms with Gasteiger partial charge < -0.3 is 14.8 Å². The molecule has 130 valence electrons. The highest BCUT2D eigenvalue weighted by atomic mass is 16.5. The lowest BCUT2D eigenvalue weighted by Crippen LogP contribution is -2.09. The lowest BCUT2D eigenvalue weighted by molar-refractivity contribution is 0.243. The molecule has 3 nitrogen and oxygen atoms in total. The average Bonchev–Trinajstić information content (AvgIpc) is 2.58. The highest BCUT2D eigenvalue weighted by Gasteiger charge is 2.07. The maximum atomic E-state index is 5.95. The molecule has 2 rings (SSSR count). The number of unbranched alkanes of at least 4 members (excludes halogenated alkanes) is 2. The number of hydrogen-bond acceptors (Lipinski definition) is 3. The van der Waals surface area contributed by atoms with Crippen molar-refractivity contribution in [2.45, 2.75) is 52.7 Å². The molecular weight excluding hydrogens is 298 g/mol. The molecule has 0 heterocycles.